The number of hydrogen-bond donors (Lipinski definition) is 2. The number of rotatable bonds is 9. The highest BCUT2D eigenvalue weighted by molar-refractivity contribution is 5.75. The number of benzene rings is 1. The van der Waals surface area contributed by atoms with Crippen LogP contribution in [0, 0.1) is 0 Å². The van der Waals surface area contributed by atoms with Crippen molar-refractivity contribution in [3.8, 4) is 11.5 Å². The normalized spacial score (nSPS) is 17.8. The van der Waals surface area contributed by atoms with E-state index in [9.17, 15) is 4.79 Å². The Labute approximate surface area is 191 Å². The molecule has 3 rings (SSSR count). The molecule has 0 atom stereocenters. The van der Waals surface area contributed by atoms with Crippen LogP contribution in [0.25, 0.3) is 0 Å². The van der Waals surface area contributed by atoms with E-state index in [0.717, 1.165) is 31.5 Å². The average Bonchev–Trinajstić information content (AvgIpc) is 2.70. The fourth-order valence-corrected chi connectivity index (χ4v) is 4.88. The van der Waals surface area contributed by atoms with Crippen molar-refractivity contribution in [2.75, 3.05) is 13.7 Å². The van der Waals surface area contributed by atoms with Gasteiger partial charge in [0, 0.05) is 42.6 Å². The predicted octanol–water partition coefficient (Wildman–Crippen LogP) is 3.27. The Hall–Kier alpha value is -2.64. The summed E-state index contributed by atoms with van der Waals surface area (Å²) in [4.78, 5) is 17.8. The number of hydrogen-bond acceptors (Lipinski definition) is 6. The maximum absolute atomic E-state index is 11.1. The number of carbonyl (C=O) groups excluding carboxylic acids is 1. The molecule has 1 amide bonds. The zero-order valence-electron chi connectivity index (χ0n) is 19.9. The molecule has 1 saturated heterocycles. The van der Waals surface area contributed by atoms with Crippen LogP contribution in [0.4, 0.5) is 0 Å². The minimum Gasteiger partial charge on any atom is -0.493 e. The molecule has 0 saturated carbocycles. The van der Waals surface area contributed by atoms with Crippen molar-refractivity contribution in [1.29, 1.82) is 0 Å². The van der Waals surface area contributed by atoms with Crippen LogP contribution in [0.15, 0.2) is 42.7 Å². The number of nitrogens with one attached hydrogen (secondary N) is 1. The minimum atomic E-state index is -0.518. The molecule has 3 N–H and O–H groups in total. The van der Waals surface area contributed by atoms with Gasteiger partial charge in [0.25, 0.3) is 5.91 Å². The summed E-state index contributed by atoms with van der Waals surface area (Å²) in [5, 5.41) is 3.78. The molecule has 1 aromatic carbocycles. The molecule has 1 aliphatic heterocycles. The molecule has 7 heteroatoms. The molecule has 0 aliphatic carbocycles. The van der Waals surface area contributed by atoms with Crippen LogP contribution in [0.5, 0.6) is 11.5 Å². The van der Waals surface area contributed by atoms with Crippen LogP contribution in [-0.4, -0.2) is 46.6 Å². The monoisotopic (exact) mass is 440 g/mol. The van der Waals surface area contributed by atoms with Gasteiger partial charge in [0.2, 0.25) is 0 Å². The zero-order valence-corrected chi connectivity index (χ0v) is 19.9. The highest BCUT2D eigenvalue weighted by atomic mass is 16.5. The molecule has 1 aromatic heterocycles. The molecule has 2 heterocycles. The molecule has 0 bridgehead atoms. The van der Waals surface area contributed by atoms with Crippen LogP contribution < -0.4 is 20.5 Å². The maximum atomic E-state index is 11.1. The van der Waals surface area contributed by atoms with E-state index in [-0.39, 0.29) is 17.7 Å². The third-order valence-corrected chi connectivity index (χ3v) is 5.80. The van der Waals surface area contributed by atoms with Gasteiger partial charge in [-0.25, -0.2) is 0 Å². The van der Waals surface area contributed by atoms with Crippen molar-refractivity contribution in [2.45, 2.75) is 70.7 Å². The number of aromatic nitrogens is 1. The summed E-state index contributed by atoms with van der Waals surface area (Å²) < 4.78 is 11.0. The molecule has 174 valence electrons. The van der Waals surface area contributed by atoms with E-state index in [1.54, 1.807) is 7.11 Å². The van der Waals surface area contributed by atoms with Gasteiger partial charge >= 0.3 is 0 Å². The van der Waals surface area contributed by atoms with Gasteiger partial charge in [-0.1, -0.05) is 6.07 Å². The van der Waals surface area contributed by atoms with Gasteiger partial charge < -0.3 is 20.5 Å². The molecule has 0 unspecified atom stereocenters. The van der Waals surface area contributed by atoms with Crippen LogP contribution in [0.3, 0.4) is 0 Å². The minimum absolute atomic E-state index is 0.0487. The lowest BCUT2D eigenvalue weighted by atomic mass is 9.79. The van der Waals surface area contributed by atoms with Gasteiger partial charge in [0.1, 0.15) is 0 Å². The van der Waals surface area contributed by atoms with Gasteiger partial charge in [-0.15, -0.1) is 0 Å². The fourth-order valence-electron chi connectivity index (χ4n) is 4.88. The Morgan fingerprint density at radius 3 is 2.28 bits per heavy atom. The second kappa shape index (κ2) is 9.88. The van der Waals surface area contributed by atoms with Gasteiger partial charge in [0.05, 0.1) is 7.11 Å². The molecule has 0 radical (unpaired) electrons. The summed E-state index contributed by atoms with van der Waals surface area (Å²) in [6.45, 7) is 10.5. The second-order valence-electron chi connectivity index (χ2n) is 9.96. The first-order valence-corrected chi connectivity index (χ1v) is 11.1. The largest absolute Gasteiger partial charge is 0.493 e. The van der Waals surface area contributed by atoms with Crippen LogP contribution in [-0.2, 0) is 17.9 Å². The molecule has 2 aromatic rings. The summed E-state index contributed by atoms with van der Waals surface area (Å²) in [6.07, 6.45) is 5.80. The number of nitrogens with zero attached hydrogens (tertiary/aromatic N) is 2. The second-order valence-corrected chi connectivity index (χ2v) is 9.96. The van der Waals surface area contributed by atoms with E-state index < -0.39 is 5.91 Å². The lowest BCUT2D eigenvalue weighted by Crippen LogP contribution is -2.62. The van der Waals surface area contributed by atoms with E-state index in [1.807, 2.05) is 30.6 Å². The van der Waals surface area contributed by atoms with Crippen molar-refractivity contribution in [3.05, 3.63) is 53.9 Å². The number of nitrogens with two attached hydrogens (primary N) is 1. The van der Waals surface area contributed by atoms with Crippen molar-refractivity contribution >= 4 is 5.91 Å². The van der Waals surface area contributed by atoms with Crippen molar-refractivity contribution < 1.29 is 14.3 Å². The zero-order chi connectivity index (χ0) is 23.4. The number of ether oxygens (including phenoxy) is 2. The van der Waals surface area contributed by atoms with Crippen molar-refractivity contribution in [2.24, 2.45) is 5.73 Å². The van der Waals surface area contributed by atoms with E-state index in [1.165, 1.54) is 5.56 Å². The lowest BCUT2D eigenvalue weighted by Gasteiger charge is -2.49. The summed E-state index contributed by atoms with van der Waals surface area (Å²) in [5.41, 5.74) is 7.66. The van der Waals surface area contributed by atoms with Gasteiger partial charge in [-0.05, 0) is 75.9 Å². The number of primary amides is 1. The quantitative estimate of drug-likeness (QED) is 0.622. The maximum Gasteiger partial charge on any atom is 0.255 e. The highest BCUT2D eigenvalue weighted by Crippen LogP contribution is 2.34. The van der Waals surface area contributed by atoms with Crippen LogP contribution in [0.2, 0.25) is 0 Å². The lowest BCUT2D eigenvalue weighted by molar-refractivity contribution is -0.119. The van der Waals surface area contributed by atoms with E-state index in [4.69, 9.17) is 15.2 Å². The molecule has 0 spiro atoms. The molecule has 32 heavy (non-hydrogen) atoms. The van der Waals surface area contributed by atoms with Crippen LogP contribution in [0.1, 0.15) is 51.7 Å². The van der Waals surface area contributed by atoms with Crippen molar-refractivity contribution in [3.63, 3.8) is 0 Å². The Morgan fingerprint density at radius 2 is 1.69 bits per heavy atom. The number of piperidine rings is 1. The summed E-state index contributed by atoms with van der Waals surface area (Å²) in [7, 11) is 1.60. The molecule has 1 aliphatic rings. The standard InChI is InChI=1S/C25H36N4O3/c1-24(2)13-20(14-25(3,4)28-24)29(15-18-8-10-27-11-9-18)16-19-6-7-21(22(12-19)31-5)32-17-23(26)30/h6-12,20,28H,13-17H2,1-5H3,(H2,26,30). The van der Waals surface area contributed by atoms with E-state index in [2.05, 4.69) is 55.0 Å². The molecular formula is C25H36N4O3. The molecule has 1 fully saturated rings. The summed E-state index contributed by atoms with van der Waals surface area (Å²) >= 11 is 0. The van der Waals surface area contributed by atoms with Gasteiger partial charge in [-0.3, -0.25) is 14.7 Å². The van der Waals surface area contributed by atoms with Crippen LogP contribution >= 0.6 is 0 Å². The third kappa shape index (κ3) is 6.68. The molecule has 7 nitrogen and oxygen atoms in total. The van der Waals surface area contributed by atoms with Gasteiger partial charge in [0.15, 0.2) is 18.1 Å². The predicted molar refractivity (Wildman–Crippen MR) is 125 cm³/mol. The Morgan fingerprint density at radius 1 is 1.06 bits per heavy atom. The summed E-state index contributed by atoms with van der Waals surface area (Å²) in [6, 6.07) is 10.4. The highest BCUT2D eigenvalue weighted by Gasteiger charge is 2.39. The topological polar surface area (TPSA) is 89.7 Å². The molecular weight excluding hydrogens is 404 g/mol. The number of pyridine rings is 1. The first kappa shape index (κ1) is 24.0. The third-order valence-electron chi connectivity index (χ3n) is 5.80. The Bertz CT molecular complexity index is 899. The SMILES string of the molecule is COc1cc(CN(Cc2ccncc2)C2CC(C)(C)NC(C)(C)C2)ccc1OCC(N)=O. The first-order chi connectivity index (χ1) is 15.1. The number of methoxy groups -OCH3 is 1. The first-order valence-electron chi connectivity index (χ1n) is 11.1. The summed E-state index contributed by atoms with van der Waals surface area (Å²) in [5.74, 6) is 0.592. The van der Waals surface area contributed by atoms with E-state index in [0.29, 0.717) is 17.5 Å². The number of carbonyl (C=O) groups is 1. The Kier molecular flexibility index (Phi) is 7.41. The van der Waals surface area contributed by atoms with Crippen molar-refractivity contribution in [1.82, 2.24) is 15.2 Å². The fraction of sp³-hybridized carbons (Fsp3) is 0.520. The smallest absolute Gasteiger partial charge is 0.255 e. The van der Waals surface area contributed by atoms with Gasteiger partial charge in [-0.2, -0.15) is 0 Å². The number of amides is 1. The average molecular weight is 441 g/mol. The Balaban J connectivity index is 1.86. The van der Waals surface area contributed by atoms with E-state index >= 15 is 0 Å².